The van der Waals surface area contributed by atoms with Gasteiger partial charge in [-0.25, -0.2) is 0 Å². The van der Waals surface area contributed by atoms with Crippen LogP contribution in [0.25, 0.3) is 5.76 Å². The molecule has 1 atom stereocenters. The number of carbonyl (C=O) groups excluding carboxylic acids is 2. The minimum atomic E-state index is -0.734. The summed E-state index contributed by atoms with van der Waals surface area (Å²) < 4.78 is 10.8. The summed E-state index contributed by atoms with van der Waals surface area (Å²) in [6.07, 6.45) is 1.61. The molecule has 0 spiro atoms. The molecule has 1 heterocycles. The number of hydrogen-bond donors (Lipinski definition) is 1. The number of carbonyl (C=O) groups is 2. The second kappa shape index (κ2) is 8.82. The average molecular weight is 395 g/mol. The maximum Gasteiger partial charge on any atom is 0.295 e. The Morgan fingerprint density at radius 1 is 1.07 bits per heavy atom. The highest BCUT2D eigenvalue weighted by atomic mass is 16.5. The smallest absolute Gasteiger partial charge is 0.295 e. The lowest BCUT2D eigenvalue weighted by atomic mass is 9.94. The van der Waals surface area contributed by atoms with Crippen LogP contribution in [0.1, 0.15) is 36.9 Å². The molecule has 1 fully saturated rings. The van der Waals surface area contributed by atoms with Crippen molar-refractivity contribution in [2.24, 2.45) is 0 Å². The molecule has 152 valence electrons. The van der Waals surface area contributed by atoms with E-state index in [4.69, 9.17) is 9.47 Å². The number of aliphatic hydroxyl groups excluding tert-OH is 1. The molecule has 0 unspecified atom stereocenters. The first kappa shape index (κ1) is 20.5. The van der Waals surface area contributed by atoms with Crippen LogP contribution in [-0.4, -0.2) is 42.5 Å². The number of methoxy groups -OCH3 is 2. The molecule has 1 aliphatic heterocycles. The molecule has 6 nitrogen and oxygen atoms in total. The molecule has 6 heteroatoms. The zero-order chi connectivity index (χ0) is 21.0. The summed E-state index contributed by atoms with van der Waals surface area (Å²) in [7, 11) is 3.07. The van der Waals surface area contributed by atoms with E-state index in [2.05, 4.69) is 0 Å². The van der Waals surface area contributed by atoms with E-state index in [-0.39, 0.29) is 11.3 Å². The Hall–Kier alpha value is -3.28. The summed E-state index contributed by atoms with van der Waals surface area (Å²) in [4.78, 5) is 27.3. The van der Waals surface area contributed by atoms with Crippen molar-refractivity contribution in [1.29, 1.82) is 0 Å². The fourth-order valence-electron chi connectivity index (χ4n) is 3.56. The number of unbranched alkanes of at least 4 members (excludes halogenated alkanes) is 1. The Balaban J connectivity index is 2.21. The Bertz CT molecular complexity index is 936. The van der Waals surface area contributed by atoms with Gasteiger partial charge in [-0.3, -0.25) is 9.59 Å². The highest BCUT2D eigenvalue weighted by molar-refractivity contribution is 6.46. The predicted molar refractivity (Wildman–Crippen MR) is 110 cm³/mol. The van der Waals surface area contributed by atoms with E-state index in [1.54, 1.807) is 49.6 Å². The van der Waals surface area contributed by atoms with E-state index < -0.39 is 17.7 Å². The van der Waals surface area contributed by atoms with Crippen molar-refractivity contribution >= 4 is 17.4 Å². The average Bonchev–Trinajstić information content (AvgIpc) is 3.01. The minimum Gasteiger partial charge on any atom is -0.507 e. The van der Waals surface area contributed by atoms with Gasteiger partial charge in [0.15, 0.2) is 0 Å². The number of amides is 1. The molecule has 0 bridgehead atoms. The van der Waals surface area contributed by atoms with Crippen molar-refractivity contribution < 1.29 is 24.2 Å². The maximum absolute atomic E-state index is 12.9. The van der Waals surface area contributed by atoms with Crippen LogP contribution in [0.4, 0.5) is 0 Å². The Morgan fingerprint density at radius 3 is 2.41 bits per heavy atom. The number of ketones is 1. The largest absolute Gasteiger partial charge is 0.507 e. The minimum absolute atomic E-state index is 0.0702. The monoisotopic (exact) mass is 395 g/mol. The van der Waals surface area contributed by atoms with Crippen LogP contribution in [0, 0.1) is 0 Å². The molecule has 0 aliphatic carbocycles. The van der Waals surface area contributed by atoms with Crippen LogP contribution < -0.4 is 9.47 Å². The molecule has 2 aromatic rings. The third-order valence-corrected chi connectivity index (χ3v) is 5.07. The summed E-state index contributed by atoms with van der Waals surface area (Å²) in [6, 6.07) is 13.3. The fourth-order valence-corrected chi connectivity index (χ4v) is 3.56. The molecule has 1 aliphatic rings. The number of Topliss-reactive ketones (excluding diaryl/α,β-unsaturated/α-hetero) is 1. The van der Waals surface area contributed by atoms with Gasteiger partial charge < -0.3 is 19.5 Å². The summed E-state index contributed by atoms with van der Waals surface area (Å²) in [6.45, 7) is 2.43. The fraction of sp³-hybridized carbons (Fsp3) is 0.304. The van der Waals surface area contributed by atoms with Gasteiger partial charge in [-0.15, -0.1) is 0 Å². The normalized spacial score (nSPS) is 18.2. The van der Waals surface area contributed by atoms with Crippen molar-refractivity contribution in [3.8, 4) is 11.5 Å². The van der Waals surface area contributed by atoms with Crippen LogP contribution in [0.2, 0.25) is 0 Å². The van der Waals surface area contributed by atoms with Gasteiger partial charge in [0.05, 0.1) is 25.8 Å². The Morgan fingerprint density at radius 2 is 1.79 bits per heavy atom. The number of benzene rings is 2. The van der Waals surface area contributed by atoms with Crippen LogP contribution in [0.3, 0.4) is 0 Å². The molecule has 2 aromatic carbocycles. The molecule has 1 N–H and O–H groups in total. The Labute approximate surface area is 170 Å². The van der Waals surface area contributed by atoms with Crippen molar-refractivity contribution in [1.82, 2.24) is 4.90 Å². The second-order valence-electron chi connectivity index (χ2n) is 6.82. The van der Waals surface area contributed by atoms with Crippen LogP contribution in [0.15, 0.2) is 54.1 Å². The standard InChI is InChI=1S/C23H25NO5/c1-4-5-13-24-20(17-12-11-16(28-2)14-18(17)29-3)19(22(26)23(24)27)21(25)15-9-7-6-8-10-15/h6-12,14,20,25H,4-5,13H2,1-3H3/b21-19+/t20-/m0/s1. The topological polar surface area (TPSA) is 76.1 Å². The second-order valence-corrected chi connectivity index (χ2v) is 6.82. The van der Waals surface area contributed by atoms with Gasteiger partial charge in [0.1, 0.15) is 17.3 Å². The summed E-state index contributed by atoms with van der Waals surface area (Å²) in [5, 5.41) is 11.0. The number of nitrogens with zero attached hydrogens (tertiary/aromatic N) is 1. The molecule has 1 saturated heterocycles. The quantitative estimate of drug-likeness (QED) is 0.437. The predicted octanol–water partition coefficient (Wildman–Crippen LogP) is 3.93. The highest BCUT2D eigenvalue weighted by Crippen LogP contribution is 2.43. The lowest BCUT2D eigenvalue weighted by Crippen LogP contribution is -2.30. The van der Waals surface area contributed by atoms with E-state index in [0.29, 0.717) is 29.2 Å². The highest BCUT2D eigenvalue weighted by Gasteiger charge is 2.46. The number of likely N-dealkylation sites (tertiary alicyclic amines) is 1. The van der Waals surface area contributed by atoms with E-state index in [1.165, 1.54) is 12.0 Å². The first-order valence-corrected chi connectivity index (χ1v) is 9.59. The van der Waals surface area contributed by atoms with Crippen molar-refractivity contribution in [3.63, 3.8) is 0 Å². The summed E-state index contributed by atoms with van der Waals surface area (Å²) >= 11 is 0. The van der Waals surface area contributed by atoms with Gasteiger partial charge in [-0.05, 0) is 18.6 Å². The van der Waals surface area contributed by atoms with Crippen LogP contribution in [-0.2, 0) is 9.59 Å². The first-order valence-electron chi connectivity index (χ1n) is 9.59. The first-order chi connectivity index (χ1) is 14.0. The molecule has 3 rings (SSSR count). The third kappa shape index (κ3) is 3.83. The van der Waals surface area contributed by atoms with Gasteiger partial charge in [0.2, 0.25) is 0 Å². The number of aliphatic hydroxyl groups is 1. The van der Waals surface area contributed by atoms with Crippen LogP contribution >= 0.6 is 0 Å². The summed E-state index contributed by atoms with van der Waals surface area (Å²) in [5.41, 5.74) is 1.18. The molecule has 0 radical (unpaired) electrons. The van der Waals surface area contributed by atoms with Crippen LogP contribution in [0.5, 0.6) is 11.5 Å². The van der Waals surface area contributed by atoms with Gasteiger partial charge in [-0.2, -0.15) is 0 Å². The molecule has 0 saturated carbocycles. The SMILES string of the molecule is CCCCN1C(=O)C(=O)/C(=C(/O)c2ccccc2)[C@@H]1c1ccc(OC)cc1OC. The van der Waals surface area contributed by atoms with E-state index in [9.17, 15) is 14.7 Å². The van der Waals surface area contributed by atoms with E-state index in [0.717, 1.165) is 12.8 Å². The lowest BCUT2D eigenvalue weighted by molar-refractivity contribution is -0.139. The van der Waals surface area contributed by atoms with Gasteiger partial charge in [-0.1, -0.05) is 43.7 Å². The molecular formula is C23H25NO5. The number of rotatable bonds is 7. The van der Waals surface area contributed by atoms with Gasteiger partial charge in [0.25, 0.3) is 11.7 Å². The molecular weight excluding hydrogens is 370 g/mol. The lowest BCUT2D eigenvalue weighted by Gasteiger charge is -2.26. The number of hydrogen-bond acceptors (Lipinski definition) is 5. The van der Waals surface area contributed by atoms with E-state index >= 15 is 0 Å². The molecule has 0 aromatic heterocycles. The third-order valence-electron chi connectivity index (χ3n) is 5.07. The summed E-state index contributed by atoms with van der Waals surface area (Å²) in [5.74, 6) is -0.411. The maximum atomic E-state index is 12.9. The van der Waals surface area contributed by atoms with Gasteiger partial charge in [0, 0.05) is 23.7 Å². The number of ether oxygens (including phenoxy) is 2. The Kier molecular flexibility index (Phi) is 6.22. The molecule has 1 amide bonds. The van der Waals surface area contributed by atoms with Crippen molar-refractivity contribution in [2.75, 3.05) is 20.8 Å². The van der Waals surface area contributed by atoms with E-state index in [1.807, 2.05) is 13.0 Å². The van der Waals surface area contributed by atoms with Crippen molar-refractivity contribution in [2.45, 2.75) is 25.8 Å². The zero-order valence-corrected chi connectivity index (χ0v) is 16.8. The molecule has 29 heavy (non-hydrogen) atoms. The van der Waals surface area contributed by atoms with Crippen molar-refractivity contribution in [3.05, 3.63) is 65.2 Å². The zero-order valence-electron chi connectivity index (χ0n) is 16.8. The van der Waals surface area contributed by atoms with Gasteiger partial charge >= 0.3 is 0 Å².